The van der Waals surface area contributed by atoms with Crippen LogP contribution in [-0.2, 0) is 19.1 Å². The summed E-state index contributed by atoms with van der Waals surface area (Å²) in [5.41, 5.74) is 0. The Kier molecular flexibility index (Phi) is 8.60. The third-order valence-electron chi connectivity index (χ3n) is 3.79. The summed E-state index contributed by atoms with van der Waals surface area (Å²) < 4.78 is 10.4. The zero-order valence-corrected chi connectivity index (χ0v) is 17.7. The molecule has 0 radical (unpaired) electrons. The van der Waals surface area contributed by atoms with Crippen molar-refractivity contribution in [1.82, 2.24) is 0 Å². The monoisotopic (exact) mass is 374 g/mol. The molecule has 0 amide bonds. The molecular formula is C21H30O4Si. The second kappa shape index (κ2) is 10.2. The van der Waals surface area contributed by atoms with Crippen LogP contribution in [0, 0.1) is 17.8 Å². The summed E-state index contributed by atoms with van der Waals surface area (Å²) in [6.07, 6.45) is -0.445. The van der Waals surface area contributed by atoms with Gasteiger partial charge in [0.1, 0.15) is 0 Å². The van der Waals surface area contributed by atoms with Gasteiger partial charge in [0.15, 0.2) is 5.92 Å². The van der Waals surface area contributed by atoms with E-state index in [9.17, 15) is 9.59 Å². The summed E-state index contributed by atoms with van der Waals surface area (Å²) in [6.45, 7) is 11.5. The van der Waals surface area contributed by atoms with Gasteiger partial charge < -0.3 is 9.47 Å². The highest BCUT2D eigenvalue weighted by Crippen LogP contribution is 2.13. The van der Waals surface area contributed by atoms with Gasteiger partial charge in [-0.2, -0.15) is 0 Å². The molecule has 0 saturated heterocycles. The second-order valence-corrected chi connectivity index (χ2v) is 12.2. The van der Waals surface area contributed by atoms with Gasteiger partial charge in [0.05, 0.1) is 20.3 Å². The summed E-state index contributed by atoms with van der Waals surface area (Å²) >= 11 is 0. The molecule has 26 heavy (non-hydrogen) atoms. The van der Waals surface area contributed by atoms with Crippen LogP contribution in [0.1, 0.15) is 34.1 Å². The van der Waals surface area contributed by atoms with E-state index >= 15 is 0 Å². The van der Waals surface area contributed by atoms with Gasteiger partial charge in [-0.3, -0.25) is 9.59 Å². The quantitative estimate of drug-likeness (QED) is 0.317. The first-order chi connectivity index (χ1) is 12.1. The molecule has 5 heteroatoms. The van der Waals surface area contributed by atoms with Gasteiger partial charge in [-0.1, -0.05) is 48.6 Å². The molecule has 0 aliphatic carbocycles. The molecule has 0 atom stereocenters. The number of carbonyl (C=O) groups excluding carboxylic acids is 2. The van der Waals surface area contributed by atoms with Crippen molar-refractivity contribution in [3.05, 3.63) is 30.3 Å². The number of hydrogen-bond donors (Lipinski definition) is 0. The molecule has 0 spiro atoms. The number of ether oxygens (including phenoxy) is 2. The Balaban J connectivity index is 2.78. The predicted octanol–water partition coefficient (Wildman–Crippen LogP) is 3.51. The Hall–Kier alpha value is -2.06. The largest absolute Gasteiger partial charge is 0.462 e. The minimum atomic E-state index is -1.66. The second-order valence-electron chi connectivity index (χ2n) is 7.51. The summed E-state index contributed by atoms with van der Waals surface area (Å²) in [7, 11) is -1.66. The smallest absolute Gasteiger partial charge is 0.321 e. The highest BCUT2D eigenvalue weighted by Gasteiger charge is 2.30. The third-order valence-corrected chi connectivity index (χ3v) is 6.75. The summed E-state index contributed by atoms with van der Waals surface area (Å²) in [4.78, 5) is 24.4. The molecule has 1 aromatic carbocycles. The zero-order valence-electron chi connectivity index (χ0n) is 16.7. The van der Waals surface area contributed by atoms with E-state index in [-0.39, 0.29) is 18.6 Å². The lowest BCUT2D eigenvalue weighted by atomic mass is 10.1. The predicted molar refractivity (Wildman–Crippen MR) is 107 cm³/mol. The molecule has 0 heterocycles. The fraction of sp³-hybridized carbons (Fsp3) is 0.524. The highest BCUT2D eigenvalue weighted by atomic mass is 28.3. The minimum Gasteiger partial charge on any atom is -0.462 e. The molecule has 0 fully saturated rings. The van der Waals surface area contributed by atoms with Crippen molar-refractivity contribution < 1.29 is 19.1 Å². The van der Waals surface area contributed by atoms with E-state index in [1.54, 1.807) is 27.7 Å². The lowest BCUT2D eigenvalue weighted by molar-refractivity contribution is -0.166. The van der Waals surface area contributed by atoms with E-state index < -0.39 is 25.9 Å². The van der Waals surface area contributed by atoms with E-state index in [0.717, 1.165) is 6.04 Å². The maximum atomic E-state index is 12.2. The average Bonchev–Trinajstić information content (AvgIpc) is 2.54. The Morgan fingerprint density at radius 3 is 1.88 bits per heavy atom. The molecule has 142 valence electrons. The van der Waals surface area contributed by atoms with Crippen LogP contribution in [-0.4, -0.2) is 32.2 Å². The summed E-state index contributed by atoms with van der Waals surface area (Å²) in [5.74, 6) is 4.04. The van der Waals surface area contributed by atoms with Crippen LogP contribution >= 0.6 is 0 Å². The first kappa shape index (κ1) is 22.0. The normalized spacial score (nSPS) is 11.3. The standard InChI is InChI=1S/C21H30O4Si/c1-16(2)24-20(22)19(21(23)25-17(3)4)14-10-11-15-26(5,6)18-12-8-7-9-13-18/h7-9,12-13,16-17,19H,14-15H2,1-6H3. The van der Waals surface area contributed by atoms with Crippen molar-refractivity contribution in [3.8, 4) is 11.8 Å². The number of esters is 2. The topological polar surface area (TPSA) is 52.6 Å². The molecule has 0 saturated carbocycles. The molecule has 1 rings (SSSR count). The molecule has 1 aromatic rings. The van der Waals surface area contributed by atoms with Crippen molar-refractivity contribution in [2.24, 2.45) is 5.92 Å². The van der Waals surface area contributed by atoms with Gasteiger partial charge in [-0.05, 0) is 27.7 Å². The van der Waals surface area contributed by atoms with E-state index in [0.29, 0.717) is 0 Å². The first-order valence-electron chi connectivity index (χ1n) is 9.05. The Bertz CT molecular complexity index is 632. The van der Waals surface area contributed by atoms with Crippen LogP contribution in [0.3, 0.4) is 0 Å². The molecule has 0 aromatic heterocycles. The van der Waals surface area contributed by atoms with Gasteiger partial charge in [0, 0.05) is 12.5 Å². The maximum absolute atomic E-state index is 12.2. The fourth-order valence-electron chi connectivity index (χ4n) is 2.34. The third kappa shape index (κ3) is 7.45. The SMILES string of the molecule is CC(C)OC(=O)C(CC#CC[Si](C)(C)c1ccccc1)C(=O)OC(C)C. The molecule has 0 aliphatic rings. The van der Waals surface area contributed by atoms with Crippen molar-refractivity contribution in [1.29, 1.82) is 0 Å². The van der Waals surface area contributed by atoms with Crippen molar-refractivity contribution in [2.45, 2.75) is 65.5 Å². The van der Waals surface area contributed by atoms with Crippen LogP contribution < -0.4 is 5.19 Å². The number of benzene rings is 1. The van der Waals surface area contributed by atoms with Crippen LogP contribution in [0.25, 0.3) is 0 Å². The van der Waals surface area contributed by atoms with E-state index in [1.165, 1.54) is 5.19 Å². The van der Waals surface area contributed by atoms with Crippen LogP contribution in [0.2, 0.25) is 19.1 Å². The van der Waals surface area contributed by atoms with Crippen molar-refractivity contribution >= 4 is 25.2 Å². The Morgan fingerprint density at radius 1 is 0.923 bits per heavy atom. The maximum Gasteiger partial charge on any atom is 0.321 e. The number of hydrogen-bond acceptors (Lipinski definition) is 4. The van der Waals surface area contributed by atoms with Crippen LogP contribution in [0.5, 0.6) is 0 Å². The van der Waals surface area contributed by atoms with Gasteiger partial charge in [0.25, 0.3) is 0 Å². The zero-order chi connectivity index (χ0) is 19.7. The van der Waals surface area contributed by atoms with Crippen LogP contribution in [0.15, 0.2) is 30.3 Å². The van der Waals surface area contributed by atoms with E-state index in [4.69, 9.17) is 9.47 Å². The molecule has 4 nitrogen and oxygen atoms in total. The average molecular weight is 375 g/mol. The first-order valence-corrected chi connectivity index (χ1v) is 12.3. The lowest BCUT2D eigenvalue weighted by Crippen LogP contribution is -2.40. The number of carbonyl (C=O) groups is 2. The van der Waals surface area contributed by atoms with E-state index in [1.807, 2.05) is 18.2 Å². The molecule has 0 N–H and O–H groups in total. The van der Waals surface area contributed by atoms with Gasteiger partial charge in [0.2, 0.25) is 0 Å². The fourth-order valence-corrected chi connectivity index (χ4v) is 4.21. The highest BCUT2D eigenvalue weighted by molar-refractivity contribution is 6.90. The molecule has 0 unspecified atom stereocenters. The van der Waals surface area contributed by atoms with Gasteiger partial charge in [-0.15, -0.1) is 11.8 Å². The van der Waals surface area contributed by atoms with Crippen molar-refractivity contribution in [3.63, 3.8) is 0 Å². The van der Waals surface area contributed by atoms with Crippen molar-refractivity contribution in [2.75, 3.05) is 0 Å². The molecule has 0 aliphatic heterocycles. The van der Waals surface area contributed by atoms with E-state index in [2.05, 4.69) is 37.1 Å². The van der Waals surface area contributed by atoms with Gasteiger partial charge in [-0.25, -0.2) is 0 Å². The van der Waals surface area contributed by atoms with Crippen LogP contribution in [0.4, 0.5) is 0 Å². The Labute approximate surface area is 158 Å². The summed E-state index contributed by atoms with van der Waals surface area (Å²) in [5, 5.41) is 1.34. The Morgan fingerprint density at radius 2 is 1.42 bits per heavy atom. The summed E-state index contributed by atoms with van der Waals surface area (Å²) in [6, 6.07) is 11.1. The molecular weight excluding hydrogens is 344 g/mol. The number of rotatable bonds is 7. The van der Waals surface area contributed by atoms with Gasteiger partial charge >= 0.3 is 11.9 Å². The lowest BCUT2D eigenvalue weighted by Gasteiger charge is -2.19. The molecule has 0 bridgehead atoms. The minimum absolute atomic E-state index is 0.121.